The molecular formula is C23H30N2O5S. The van der Waals surface area contributed by atoms with Crippen molar-refractivity contribution in [1.82, 2.24) is 9.21 Å². The van der Waals surface area contributed by atoms with Crippen molar-refractivity contribution in [2.45, 2.75) is 32.6 Å². The van der Waals surface area contributed by atoms with E-state index in [-0.39, 0.29) is 25.6 Å². The lowest BCUT2D eigenvalue weighted by Crippen LogP contribution is -2.51. The molecule has 168 valence electrons. The third kappa shape index (κ3) is 4.85. The van der Waals surface area contributed by atoms with Gasteiger partial charge < -0.3 is 14.4 Å². The fourth-order valence-corrected chi connectivity index (χ4v) is 5.78. The quantitative estimate of drug-likeness (QED) is 0.682. The van der Waals surface area contributed by atoms with Gasteiger partial charge in [0.25, 0.3) is 5.91 Å². The van der Waals surface area contributed by atoms with Crippen LogP contribution in [-0.4, -0.2) is 63.4 Å². The van der Waals surface area contributed by atoms with Gasteiger partial charge in [-0.3, -0.25) is 4.79 Å². The van der Waals surface area contributed by atoms with E-state index in [1.807, 2.05) is 33.8 Å². The van der Waals surface area contributed by atoms with Crippen LogP contribution >= 0.6 is 0 Å². The highest BCUT2D eigenvalue weighted by molar-refractivity contribution is 7.89. The Hall–Kier alpha value is -2.58. The largest absolute Gasteiger partial charge is 0.497 e. The molecule has 1 amide bonds. The van der Waals surface area contributed by atoms with Crippen molar-refractivity contribution in [3.05, 3.63) is 52.6 Å². The van der Waals surface area contributed by atoms with Gasteiger partial charge in [-0.2, -0.15) is 4.31 Å². The molecule has 2 aromatic rings. The number of aryl methyl sites for hydroxylation is 2. The van der Waals surface area contributed by atoms with E-state index in [2.05, 4.69) is 0 Å². The molecule has 0 N–H and O–H groups in total. The summed E-state index contributed by atoms with van der Waals surface area (Å²) in [5, 5.41) is 0. The van der Waals surface area contributed by atoms with E-state index in [1.54, 1.807) is 36.3 Å². The summed E-state index contributed by atoms with van der Waals surface area (Å²) in [5.74, 6) is 1.13. The molecule has 31 heavy (non-hydrogen) atoms. The van der Waals surface area contributed by atoms with E-state index in [0.717, 1.165) is 22.3 Å². The highest BCUT2D eigenvalue weighted by Crippen LogP contribution is 2.29. The number of rotatable bonds is 6. The number of piperazine rings is 1. The molecule has 0 bridgehead atoms. The Morgan fingerprint density at radius 3 is 1.94 bits per heavy atom. The van der Waals surface area contributed by atoms with E-state index in [4.69, 9.17) is 9.47 Å². The van der Waals surface area contributed by atoms with Gasteiger partial charge in [-0.15, -0.1) is 0 Å². The molecule has 8 heteroatoms. The molecule has 1 saturated heterocycles. The zero-order valence-corrected chi connectivity index (χ0v) is 19.6. The van der Waals surface area contributed by atoms with Crippen LogP contribution in [0.1, 0.15) is 22.3 Å². The van der Waals surface area contributed by atoms with Gasteiger partial charge in [-0.1, -0.05) is 6.07 Å². The molecule has 7 nitrogen and oxygen atoms in total. The van der Waals surface area contributed by atoms with Gasteiger partial charge >= 0.3 is 0 Å². The van der Waals surface area contributed by atoms with Crippen LogP contribution in [0.5, 0.6) is 11.5 Å². The zero-order chi connectivity index (χ0) is 22.8. The molecule has 3 rings (SSSR count). The van der Waals surface area contributed by atoms with Crippen molar-refractivity contribution in [1.29, 1.82) is 0 Å². The molecule has 2 aromatic carbocycles. The van der Waals surface area contributed by atoms with Crippen LogP contribution in [0, 0.1) is 27.7 Å². The first-order valence-electron chi connectivity index (χ1n) is 10.3. The summed E-state index contributed by atoms with van der Waals surface area (Å²) in [4.78, 5) is 14.6. The molecule has 0 saturated carbocycles. The number of carbonyl (C=O) groups excluding carboxylic acids is 1. The standard InChI is InChI=1S/C23H30N2O5S/c1-16-14-17(2)19(4)23(18(16)3)31(27,28)25-12-10-24(11-13-25)22(26)15-30-21-8-6-20(29-5)7-9-21/h6-9,14H,10-13,15H2,1-5H3. The van der Waals surface area contributed by atoms with E-state index < -0.39 is 10.0 Å². The van der Waals surface area contributed by atoms with Gasteiger partial charge in [0.15, 0.2) is 6.61 Å². The molecule has 0 aliphatic carbocycles. The van der Waals surface area contributed by atoms with Crippen LogP contribution in [0.2, 0.25) is 0 Å². The summed E-state index contributed by atoms with van der Waals surface area (Å²) in [6, 6.07) is 9.03. The monoisotopic (exact) mass is 446 g/mol. The van der Waals surface area contributed by atoms with E-state index in [0.29, 0.717) is 29.5 Å². The first-order valence-corrected chi connectivity index (χ1v) is 11.7. The predicted molar refractivity (Wildman–Crippen MR) is 119 cm³/mol. The summed E-state index contributed by atoms with van der Waals surface area (Å²) >= 11 is 0. The van der Waals surface area contributed by atoms with Crippen LogP contribution in [0.3, 0.4) is 0 Å². The second kappa shape index (κ2) is 9.28. The number of benzene rings is 2. The maximum Gasteiger partial charge on any atom is 0.260 e. The summed E-state index contributed by atoms with van der Waals surface area (Å²) in [5.41, 5.74) is 3.50. The average Bonchev–Trinajstić information content (AvgIpc) is 2.76. The normalized spacial score (nSPS) is 15.1. The summed E-state index contributed by atoms with van der Waals surface area (Å²) < 4.78 is 38.9. The number of hydrogen-bond donors (Lipinski definition) is 0. The fourth-order valence-electron chi connectivity index (χ4n) is 3.78. The van der Waals surface area contributed by atoms with Gasteiger partial charge in [0.05, 0.1) is 12.0 Å². The van der Waals surface area contributed by atoms with Crippen LogP contribution in [0.4, 0.5) is 0 Å². The lowest BCUT2D eigenvalue weighted by molar-refractivity contribution is -0.134. The predicted octanol–water partition coefficient (Wildman–Crippen LogP) is 2.84. The van der Waals surface area contributed by atoms with Crippen molar-refractivity contribution in [2.75, 3.05) is 39.9 Å². The van der Waals surface area contributed by atoms with Gasteiger partial charge in [0.1, 0.15) is 11.5 Å². The minimum absolute atomic E-state index is 0.0889. The van der Waals surface area contributed by atoms with E-state index in [1.165, 1.54) is 4.31 Å². The maximum atomic E-state index is 13.4. The minimum Gasteiger partial charge on any atom is -0.497 e. The average molecular weight is 447 g/mol. The molecule has 0 spiro atoms. The molecule has 1 heterocycles. The number of ether oxygens (including phenoxy) is 2. The molecule has 0 aromatic heterocycles. The first-order chi connectivity index (χ1) is 14.6. The maximum absolute atomic E-state index is 13.4. The summed E-state index contributed by atoms with van der Waals surface area (Å²) in [6.07, 6.45) is 0. The van der Waals surface area contributed by atoms with Gasteiger partial charge in [-0.05, 0) is 74.2 Å². The Kier molecular flexibility index (Phi) is 6.91. The van der Waals surface area contributed by atoms with Crippen molar-refractivity contribution in [3.63, 3.8) is 0 Å². The Morgan fingerprint density at radius 1 is 0.903 bits per heavy atom. The van der Waals surface area contributed by atoms with Crippen molar-refractivity contribution < 1.29 is 22.7 Å². The minimum atomic E-state index is -3.63. The molecule has 0 unspecified atom stereocenters. The second-order valence-electron chi connectivity index (χ2n) is 7.84. The third-order valence-corrected chi connectivity index (χ3v) is 8.08. The molecule has 1 aliphatic heterocycles. The number of nitrogens with zero attached hydrogens (tertiary/aromatic N) is 2. The molecule has 1 fully saturated rings. The Bertz CT molecular complexity index is 1030. The summed E-state index contributed by atoms with van der Waals surface area (Å²) in [6.45, 7) is 8.69. The number of carbonyl (C=O) groups is 1. The van der Waals surface area contributed by atoms with Crippen molar-refractivity contribution in [3.8, 4) is 11.5 Å². The SMILES string of the molecule is COc1ccc(OCC(=O)N2CCN(S(=O)(=O)c3c(C)c(C)cc(C)c3C)CC2)cc1. The number of methoxy groups -OCH3 is 1. The fraction of sp³-hybridized carbons (Fsp3) is 0.435. The van der Waals surface area contributed by atoms with Gasteiger partial charge in [0.2, 0.25) is 10.0 Å². The molecule has 1 aliphatic rings. The third-order valence-electron chi connectivity index (χ3n) is 5.91. The highest BCUT2D eigenvalue weighted by atomic mass is 32.2. The number of hydrogen-bond acceptors (Lipinski definition) is 5. The second-order valence-corrected chi connectivity index (χ2v) is 9.71. The van der Waals surface area contributed by atoms with Crippen LogP contribution in [0.25, 0.3) is 0 Å². The lowest BCUT2D eigenvalue weighted by atomic mass is 10.0. The zero-order valence-electron chi connectivity index (χ0n) is 18.8. The number of amides is 1. The Labute approximate surface area is 184 Å². The van der Waals surface area contributed by atoms with E-state index >= 15 is 0 Å². The van der Waals surface area contributed by atoms with Crippen LogP contribution in [-0.2, 0) is 14.8 Å². The molecule has 0 radical (unpaired) electrons. The Morgan fingerprint density at radius 2 is 1.42 bits per heavy atom. The van der Waals surface area contributed by atoms with Gasteiger partial charge in [0, 0.05) is 26.2 Å². The smallest absolute Gasteiger partial charge is 0.260 e. The first kappa shape index (κ1) is 23.1. The van der Waals surface area contributed by atoms with Crippen molar-refractivity contribution in [2.24, 2.45) is 0 Å². The van der Waals surface area contributed by atoms with Crippen LogP contribution < -0.4 is 9.47 Å². The topological polar surface area (TPSA) is 76.2 Å². The van der Waals surface area contributed by atoms with Crippen molar-refractivity contribution >= 4 is 15.9 Å². The highest BCUT2D eigenvalue weighted by Gasteiger charge is 2.33. The Balaban J connectivity index is 1.63. The molecule has 0 atom stereocenters. The van der Waals surface area contributed by atoms with Crippen LogP contribution in [0.15, 0.2) is 35.2 Å². The van der Waals surface area contributed by atoms with E-state index in [9.17, 15) is 13.2 Å². The van der Waals surface area contributed by atoms with Gasteiger partial charge in [-0.25, -0.2) is 8.42 Å². The molecular weight excluding hydrogens is 416 g/mol. The lowest BCUT2D eigenvalue weighted by Gasteiger charge is -2.34. The summed E-state index contributed by atoms with van der Waals surface area (Å²) in [7, 11) is -2.04. The number of sulfonamides is 1.